The molecule has 1 atom stereocenters. The van der Waals surface area contributed by atoms with E-state index < -0.39 is 0 Å². The standard InChI is InChI=1S/C22H26N4O2/c1-22(2)14-26-18(15-8-5-6-10-17(15)22)12-25(13-19(26)27)21(28)16-9-7-11-23-20(16)24(3)4/h5-11,18H,12-14H2,1-4H3. The highest BCUT2D eigenvalue weighted by Crippen LogP contribution is 2.41. The molecule has 1 unspecified atom stereocenters. The maximum atomic E-state index is 13.3. The van der Waals surface area contributed by atoms with Crippen LogP contribution in [0.5, 0.6) is 0 Å². The number of piperazine rings is 1. The summed E-state index contributed by atoms with van der Waals surface area (Å²) >= 11 is 0. The molecule has 1 saturated heterocycles. The summed E-state index contributed by atoms with van der Waals surface area (Å²) in [5.74, 6) is 0.474. The van der Waals surface area contributed by atoms with E-state index in [4.69, 9.17) is 0 Å². The molecule has 2 aliphatic heterocycles. The molecule has 0 radical (unpaired) electrons. The maximum Gasteiger partial charge on any atom is 0.258 e. The van der Waals surface area contributed by atoms with Gasteiger partial charge in [-0.3, -0.25) is 9.59 Å². The molecule has 0 aliphatic carbocycles. The van der Waals surface area contributed by atoms with Crippen LogP contribution in [-0.2, 0) is 10.2 Å². The predicted octanol–water partition coefficient (Wildman–Crippen LogP) is 2.46. The Hall–Kier alpha value is -2.89. The van der Waals surface area contributed by atoms with Gasteiger partial charge in [0, 0.05) is 38.8 Å². The largest absolute Gasteiger partial charge is 0.362 e. The molecule has 0 bridgehead atoms. The van der Waals surface area contributed by atoms with Gasteiger partial charge in [0.2, 0.25) is 5.91 Å². The highest BCUT2D eigenvalue weighted by atomic mass is 16.2. The van der Waals surface area contributed by atoms with E-state index in [9.17, 15) is 9.59 Å². The van der Waals surface area contributed by atoms with E-state index in [1.807, 2.05) is 36.0 Å². The van der Waals surface area contributed by atoms with Gasteiger partial charge in [-0.1, -0.05) is 38.1 Å². The lowest BCUT2D eigenvalue weighted by atomic mass is 9.75. The van der Waals surface area contributed by atoms with Crippen molar-refractivity contribution in [1.29, 1.82) is 0 Å². The highest BCUT2D eigenvalue weighted by Gasteiger charge is 2.44. The summed E-state index contributed by atoms with van der Waals surface area (Å²) in [7, 11) is 3.73. The summed E-state index contributed by atoms with van der Waals surface area (Å²) < 4.78 is 0. The van der Waals surface area contributed by atoms with Gasteiger partial charge in [0.25, 0.3) is 5.91 Å². The number of rotatable bonds is 2. The quantitative estimate of drug-likeness (QED) is 0.806. The first-order chi connectivity index (χ1) is 13.3. The first-order valence-electron chi connectivity index (χ1n) is 9.60. The topological polar surface area (TPSA) is 56.8 Å². The minimum absolute atomic E-state index is 0.00229. The van der Waals surface area contributed by atoms with Crippen LogP contribution in [0.15, 0.2) is 42.6 Å². The van der Waals surface area contributed by atoms with Gasteiger partial charge in [-0.2, -0.15) is 0 Å². The molecule has 146 valence electrons. The zero-order chi connectivity index (χ0) is 20.1. The Morgan fingerprint density at radius 2 is 1.93 bits per heavy atom. The molecular weight excluding hydrogens is 352 g/mol. The average Bonchev–Trinajstić information content (AvgIpc) is 2.68. The fraction of sp³-hybridized carbons (Fsp3) is 0.409. The third-order valence-corrected chi connectivity index (χ3v) is 5.76. The molecule has 2 amide bonds. The zero-order valence-corrected chi connectivity index (χ0v) is 16.8. The molecule has 2 aromatic rings. The van der Waals surface area contributed by atoms with Crippen LogP contribution >= 0.6 is 0 Å². The van der Waals surface area contributed by atoms with Gasteiger partial charge in [-0.05, 0) is 23.3 Å². The van der Waals surface area contributed by atoms with Crippen molar-refractivity contribution >= 4 is 17.6 Å². The molecule has 1 aromatic carbocycles. The zero-order valence-electron chi connectivity index (χ0n) is 16.8. The Bertz CT molecular complexity index is 938. The molecular formula is C22H26N4O2. The van der Waals surface area contributed by atoms with Crippen LogP contribution in [0.4, 0.5) is 5.82 Å². The second-order valence-corrected chi connectivity index (χ2v) is 8.46. The van der Waals surface area contributed by atoms with Crippen molar-refractivity contribution in [2.75, 3.05) is 38.6 Å². The minimum atomic E-state index is -0.146. The van der Waals surface area contributed by atoms with E-state index in [1.165, 1.54) is 5.56 Å². The van der Waals surface area contributed by atoms with Crippen LogP contribution in [0.3, 0.4) is 0 Å². The SMILES string of the molecule is CN(C)c1ncccc1C(=O)N1CC(=O)N2CC(C)(C)c3ccccc3C2C1. The van der Waals surface area contributed by atoms with E-state index in [0.717, 1.165) is 5.56 Å². The number of pyridine rings is 1. The van der Waals surface area contributed by atoms with E-state index in [1.54, 1.807) is 23.2 Å². The smallest absolute Gasteiger partial charge is 0.258 e. The Kier molecular flexibility index (Phi) is 4.37. The van der Waals surface area contributed by atoms with Gasteiger partial charge in [-0.25, -0.2) is 4.98 Å². The number of carbonyl (C=O) groups excluding carboxylic acids is 2. The van der Waals surface area contributed by atoms with Crippen molar-refractivity contribution in [2.24, 2.45) is 0 Å². The lowest BCUT2D eigenvalue weighted by Crippen LogP contribution is -2.58. The van der Waals surface area contributed by atoms with Crippen molar-refractivity contribution < 1.29 is 9.59 Å². The van der Waals surface area contributed by atoms with Gasteiger partial charge in [-0.15, -0.1) is 0 Å². The molecule has 28 heavy (non-hydrogen) atoms. The highest BCUT2D eigenvalue weighted by molar-refractivity contribution is 6.01. The van der Waals surface area contributed by atoms with Crippen LogP contribution in [0.2, 0.25) is 0 Å². The van der Waals surface area contributed by atoms with Crippen molar-refractivity contribution in [1.82, 2.24) is 14.8 Å². The number of nitrogens with zero attached hydrogens (tertiary/aromatic N) is 4. The number of aromatic nitrogens is 1. The van der Waals surface area contributed by atoms with E-state index in [2.05, 4.69) is 31.0 Å². The number of anilines is 1. The van der Waals surface area contributed by atoms with Crippen LogP contribution < -0.4 is 4.90 Å². The number of amides is 2. The van der Waals surface area contributed by atoms with Gasteiger partial charge < -0.3 is 14.7 Å². The number of hydrogen-bond acceptors (Lipinski definition) is 4. The summed E-state index contributed by atoms with van der Waals surface area (Å²) in [6.45, 7) is 5.62. The second-order valence-electron chi connectivity index (χ2n) is 8.46. The lowest BCUT2D eigenvalue weighted by molar-refractivity contribution is -0.140. The van der Waals surface area contributed by atoms with Crippen LogP contribution in [-0.4, -0.2) is 60.3 Å². The summed E-state index contributed by atoms with van der Waals surface area (Å²) in [6, 6.07) is 11.7. The number of carbonyl (C=O) groups is 2. The van der Waals surface area contributed by atoms with Gasteiger partial charge in [0.05, 0.1) is 11.6 Å². The molecule has 0 N–H and O–H groups in total. The molecule has 0 spiro atoms. The van der Waals surface area contributed by atoms with Crippen molar-refractivity contribution in [3.8, 4) is 0 Å². The van der Waals surface area contributed by atoms with Gasteiger partial charge >= 0.3 is 0 Å². The fourth-order valence-electron chi connectivity index (χ4n) is 4.42. The molecule has 4 rings (SSSR count). The normalized spacial score (nSPS) is 20.4. The van der Waals surface area contributed by atoms with Crippen LogP contribution in [0.25, 0.3) is 0 Å². The summed E-state index contributed by atoms with van der Waals surface area (Å²) in [6.07, 6.45) is 1.68. The van der Waals surface area contributed by atoms with Gasteiger partial charge in [0.15, 0.2) is 0 Å². The Morgan fingerprint density at radius 1 is 1.18 bits per heavy atom. The van der Waals surface area contributed by atoms with Crippen molar-refractivity contribution in [3.63, 3.8) is 0 Å². The summed E-state index contributed by atoms with van der Waals surface area (Å²) in [4.78, 5) is 36.0. The molecule has 6 heteroatoms. The molecule has 0 saturated carbocycles. The molecule has 1 fully saturated rings. The molecule has 2 aliphatic rings. The fourth-order valence-corrected chi connectivity index (χ4v) is 4.42. The molecule has 6 nitrogen and oxygen atoms in total. The van der Waals surface area contributed by atoms with Gasteiger partial charge in [0.1, 0.15) is 12.4 Å². The summed E-state index contributed by atoms with van der Waals surface area (Å²) in [5, 5.41) is 0. The first-order valence-corrected chi connectivity index (χ1v) is 9.60. The predicted molar refractivity (Wildman–Crippen MR) is 108 cm³/mol. The lowest BCUT2D eigenvalue weighted by Gasteiger charge is -2.49. The average molecular weight is 378 g/mol. The Morgan fingerprint density at radius 3 is 2.68 bits per heavy atom. The third-order valence-electron chi connectivity index (χ3n) is 5.76. The monoisotopic (exact) mass is 378 g/mol. The maximum absolute atomic E-state index is 13.3. The van der Waals surface area contributed by atoms with Crippen molar-refractivity contribution in [3.05, 3.63) is 59.3 Å². The van der Waals surface area contributed by atoms with E-state index in [0.29, 0.717) is 24.5 Å². The second kappa shape index (κ2) is 6.62. The van der Waals surface area contributed by atoms with E-state index >= 15 is 0 Å². The third kappa shape index (κ3) is 2.93. The molecule has 1 aromatic heterocycles. The number of fused-ring (bicyclic) bond motifs is 3. The number of hydrogen-bond donors (Lipinski definition) is 0. The first kappa shape index (κ1) is 18.5. The van der Waals surface area contributed by atoms with Crippen LogP contribution in [0.1, 0.15) is 41.4 Å². The van der Waals surface area contributed by atoms with Crippen molar-refractivity contribution in [2.45, 2.75) is 25.3 Å². The van der Waals surface area contributed by atoms with E-state index in [-0.39, 0.29) is 29.8 Å². The Labute approximate surface area is 165 Å². The number of benzene rings is 1. The minimum Gasteiger partial charge on any atom is -0.362 e. The Balaban J connectivity index is 1.70. The summed E-state index contributed by atoms with van der Waals surface area (Å²) in [5.41, 5.74) is 2.83. The van der Waals surface area contributed by atoms with Crippen LogP contribution in [0, 0.1) is 0 Å². The molecule has 3 heterocycles.